The van der Waals surface area contributed by atoms with Crippen LogP contribution in [-0.2, 0) is 19.1 Å². The lowest BCUT2D eigenvalue weighted by molar-refractivity contribution is -0.162. The van der Waals surface area contributed by atoms with Crippen molar-refractivity contribution in [2.75, 3.05) is 0 Å². The molecule has 2 N–H and O–H groups in total. The largest absolute Gasteiger partial charge is 0.433 e. The average Bonchev–Trinajstić information content (AvgIpc) is 2.29. The molecule has 0 aliphatic heterocycles. The normalized spacial score (nSPS) is 12.2. The van der Waals surface area contributed by atoms with Gasteiger partial charge in [-0.2, -0.15) is 0 Å². The first kappa shape index (κ1) is 18.7. The molecule has 0 aromatic heterocycles. The molecule has 2 unspecified atom stereocenters. The summed E-state index contributed by atoms with van der Waals surface area (Å²) in [6, 6.07) is 0. The van der Waals surface area contributed by atoms with E-state index in [1.807, 2.05) is 6.92 Å². The van der Waals surface area contributed by atoms with Gasteiger partial charge in [0.25, 0.3) is 0 Å². The lowest BCUT2D eigenvalue weighted by atomic mass is 10.3. The Hall–Kier alpha value is -1.66. The van der Waals surface area contributed by atoms with E-state index in [2.05, 4.69) is 22.6 Å². The van der Waals surface area contributed by atoms with Gasteiger partial charge in [0.1, 0.15) is 0 Å². The van der Waals surface area contributed by atoms with Crippen LogP contribution in [0.2, 0.25) is 0 Å². The molecule has 0 spiro atoms. The van der Waals surface area contributed by atoms with Crippen molar-refractivity contribution in [3.05, 3.63) is 25.3 Å². The highest BCUT2D eigenvalue weighted by Crippen LogP contribution is 1.97. The van der Waals surface area contributed by atoms with Crippen molar-refractivity contribution in [1.29, 1.82) is 0 Å². The molecule has 0 aromatic carbocycles. The summed E-state index contributed by atoms with van der Waals surface area (Å²) in [5.41, 5.74) is 0. The molecule has 0 amide bonds. The molecule has 0 aliphatic carbocycles. The second-order valence-electron chi connectivity index (χ2n) is 3.12. The molecule has 0 saturated carbocycles. The van der Waals surface area contributed by atoms with Crippen molar-refractivity contribution >= 4 is 11.9 Å². The summed E-state index contributed by atoms with van der Waals surface area (Å²) >= 11 is 0. The van der Waals surface area contributed by atoms with Crippen LogP contribution in [-0.4, -0.2) is 34.7 Å². The number of ether oxygens (including phenoxy) is 2. The van der Waals surface area contributed by atoms with Crippen LogP contribution < -0.4 is 0 Å². The number of aliphatic hydroxyl groups excluding tert-OH is 2. The Morgan fingerprint density at radius 2 is 1.61 bits per heavy atom. The van der Waals surface area contributed by atoms with Gasteiger partial charge in [-0.05, 0) is 6.92 Å². The van der Waals surface area contributed by atoms with Crippen molar-refractivity contribution in [3.8, 4) is 0 Å². The number of carbonyl (C=O) groups excluding carboxylic acids is 2. The Morgan fingerprint density at radius 1 is 1.17 bits per heavy atom. The van der Waals surface area contributed by atoms with Crippen molar-refractivity contribution in [2.24, 2.45) is 0 Å². The van der Waals surface area contributed by atoms with Crippen LogP contribution in [0.1, 0.15) is 26.7 Å². The van der Waals surface area contributed by atoms with Crippen LogP contribution in [0.5, 0.6) is 0 Å². The van der Waals surface area contributed by atoms with Gasteiger partial charge in [-0.15, -0.1) is 0 Å². The predicted octanol–water partition coefficient (Wildman–Crippen LogP) is 0.888. The number of rotatable bonds is 6. The van der Waals surface area contributed by atoms with Crippen LogP contribution in [0.4, 0.5) is 0 Å². The molecule has 0 rings (SSSR count). The van der Waals surface area contributed by atoms with Gasteiger partial charge in [0, 0.05) is 18.6 Å². The molecule has 6 nitrogen and oxygen atoms in total. The van der Waals surface area contributed by atoms with E-state index >= 15 is 0 Å². The van der Waals surface area contributed by atoms with E-state index in [1.165, 1.54) is 6.92 Å². The molecule has 6 heteroatoms. The fourth-order valence-corrected chi connectivity index (χ4v) is 0.704. The molecule has 104 valence electrons. The fourth-order valence-electron chi connectivity index (χ4n) is 0.704. The van der Waals surface area contributed by atoms with Gasteiger partial charge in [-0.25, -0.2) is 9.59 Å². The lowest BCUT2D eigenvalue weighted by Crippen LogP contribution is -2.15. The zero-order valence-corrected chi connectivity index (χ0v) is 10.7. The van der Waals surface area contributed by atoms with Crippen LogP contribution >= 0.6 is 0 Å². The van der Waals surface area contributed by atoms with Crippen LogP contribution in [0.3, 0.4) is 0 Å². The van der Waals surface area contributed by atoms with Gasteiger partial charge < -0.3 is 19.7 Å². The Labute approximate surface area is 107 Å². The summed E-state index contributed by atoms with van der Waals surface area (Å²) < 4.78 is 8.64. The second kappa shape index (κ2) is 11.8. The Balaban J connectivity index is 0. The Bertz CT molecular complexity index is 272. The van der Waals surface area contributed by atoms with E-state index < -0.39 is 24.5 Å². The third kappa shape index (κ3) is 14.3. The van der Waals surface area contributed by atoms with E-state index in [1.54, 1.807) is 0 Å². The van der Waals surface area contributed by atoms with Gasteiger partial charge in [0.15, 0.2) is 6.29 Å². The summed E-state index contributed by atoms with van der Waals surface area (Å²) in [6.07, 6.45) is 1.26. The van der Waals surface area contributed by atoms with Crippen molar-refractivity contribution < 1.29 is 29.3 Å². The zero-order valence-electron chi connectivity index (χ0n) is 10.7. The molecule has 0 fully saturated rings. The zero-order chi connectivity index (χ0) is 14.6. The minimum Gasteiger partial charge on any atom is -0.433 e. The average molecular weight is 260 g/mol. The SMILES string of the molecule is C=CC(=O)OC(C)O.C=CC(=O)OC(O)CCC. The lowest BCUT2D eigenvalue weighted by Gasteiger charge is -2.07. The molecule has 0 bridgehead atoms. The maximum Gasteiger partial charge on any atom is 0.332 e. The highest BCUT2D eigenvalue weighted by molar-refractivity contribution is 5.81. The van der Waals surface area contributed by atoms with E-state index in [0.717, 1.165) is 18.6 Å². The predicted molar refractivity (Wildman–Crippen MR) is 65.2 cm³/mol. The van der Waals surface area contributed by atoms with Crippen molar-refractivity contribution in [2.45, 2.75) is 39.3 Å². The highest BCUT2D eigenvalue weighted by Gasteiger charge is 2.05. The van der Waals surface area contributed by atoms with E-state index in [9.17, 15) is 9.59 Å². The first-order chi connectivity index (χ1) is 8.37. The highest BCUT2D eigenvalue weighted by atomic mass is 16.6. The van der Waals surface area contributed by atoms with Gasteiger partial charge in [0.2, 0.25) is 6.29 Å². The molecule has 0 heterocycles. The summed E-state index contributed by atoms with van der Waals surface area (Å²) in [5.74, 6) is -1.19. The first-order valence-electron chi connectivity index (χ1n) is 5.39. The number of hydrogen-bond donors (Lipinski definition) is 2. The fraction of sp³-hybridized carbons (Fsp3) is 0.500. The van der Waals surface area contributed by atoms with E-state index in [-0.39, 0.29) is 0 Å². The molecular weight excluding hydrogens is 240 g/mol. The molecule has 0 saturated heterocycles. The molecule has 0 aromatic rings. The number of carbonyl (C=O) groups is 2. The Kier molecular flexibility index (Phi) is 12.3. The van der Waals surface area contributed by atoms with Crippen LogP contribution in [0.15, 0.2) is 25.3 Å². The summed E-state index contributed by atoms with van der Waals surface area (Å²) in [5, 5.41) is 17.2. The molecule has 2 atom stereocenters. The minimum absolute atomic E-state index is 0.472. The number of esters is 2. The summed E-state index contributed by atoms with van der Waals surface area (Å²) in [4.78, 5) is 20.5. The van der Waals surface area contributed by atoms with Gasteiger partial charge in [0.05, 0.1) is 0 Å². The molecular formula is C12H20O6. The third-order valence-corrected chi connectivity index (χ3v) is 1.41. The van der Waals surface area contributed by atoms with E-state index in [0.29, 0.717) is 6.42 Å². The van der Waals surface area contributed by atoms with Gasteiger partial charge >= 0.3 is 11.9 Å². The monoisotopic (exact) mass is 260 g/mol. The second-order valence-corrected chi connectivity index (χ2v) is 3.12. The van der Waals surface area contributed by atoms with Crippen molar-refractivity contribution in [1.82, 2.24) is 0 Å². The number of aliphatic hydroxyl groups is 2. The summed E-state index contributed by atoms with van der Waals surface area (Å²) in [6.45, 7) is 9.56. The molecule has 18 heavy (non-hydrogen) atoms. The maximum atomic E-state index is 10.4. The van der Waals surface area contributed by atoms with Crippen LogP contribution in [0.25, 0.3) is 0 Å². The maximum absolute atomic E-state index is 10.4. The topological polar surface area (TPSA) is 93.1 Å². The summed E-state index contributed by atoms with van der Waals surface area (Å²) in [7, 11) is 0. The van der Waals surface area contributed by atoms with Crippen LogP contribution in [0, 0.1) is 0 Å². The van der Waals surface area contributed by atoms with Crippen molar-refractivity contribution in [3.63, 3.8) is 0 Å². The number of hydrogen-bond acceptors (Lipinski definition) is 6. The minimum atomic E-state index is -1.04. The smallest absolute Gasteiger partial charge is 0.332 e. The van der Waals surface area contributed by atoms with Gasteiger partial charge in [-0.3, -0.25) is 0 Å². The molecule has 0 radical (unpaired) electrons. The van der Waals surface area contributed by atoms with E-state index in [4.69, 9.17) is 10.2 Å². The standard InChI is InChI=1S/C7H12O3.C5H8O3/c1-3-5-7(9)10-6(8)4-2;1-3-5(7)8-4(2)6/h4,7,9H,2-3,5H2,1H3;3-4,6H,1H2,2H3. The quantitative estimate of drug-likeness (QED) is 0.418. The molecule has 0 aliphatic rings. The first-order valence-corrected chi connectivity index (χ1v) is 5.39. The Morgan fingerprint density at radius 3 is 1.89 bits per heavy atom. The van der Waals surface area contributed by atoms with Gasteiger partial charge in [-0.1, -0.05) is 26.5 Å². The third-order valence-electron chi connectivity index (χ3n) is 1.41.